The van der Waals surface area contributed by atoms with Crippen LogP contribution in [0.2, 0.25) is 0 Å². The summed E-state index contributed by atoms with van der Waals surface area (Å²) in [5.74, 6) is 0. The summed E-state index contributed by atoms with van der Waals surface area (Å²) in [6.45, 7) is 2.01. The van der Waals surface area contributed by atoms with E-state index in [1.807, 2.05) is 25.1 Å². The predicted molar refractivity (Wildman–Crippen MR) is 204 cm³/mol. The van der Waals surface area contributed by atoms with Crippen molar-refractivity contribution in [3.05, 3.63) is 138 Å². The molecular weight excluding hydrogens is 749 g/mol. The Balaban J connectivity index is 0.000000197. The first-order chi connectivity index (χ1) is 25.9. The minimum atomic E-state index is -3.81. The molecule has 12 nitrogen and oxygen atoms in total. The van der Waals surface area contributed by atoms with E-state index >= 15 is 0 Å². The molecule has 0 aliphatic rings. The number of nitrogens with zero attached hydrogens (tertiary/aromatic N) is 2. The first kappa shape index (κ1) is 38.5. The summed E-state index contributed by atoms with van der Waals surface area (Å²) in [4.78, 5) is 0.547. The first-order valence-corrected chi connectivity index (χ1v) is 21.4. The number of aliphatic hydroxyl groups excluding tert-OH is 1. The second-order valence-electron chi connectivity index (χ2n) is 12.5. The van der Waals surface area contributed by atoms with Crippen molar-refractivity contribution in [1.82, 2.24) is 20.4 Å². The number of fused-ring (bicyclic) bond motifs is 2. The van der Waals surface area contributed by atoms with Gasteiger partial charge in [0.25, 0.3) is 10.1 Å². The number of nitrogens with one attached hydrogen (secondary N) is 2. The molecule has 0 fully saturated rings. The molecule has 0 radical (unpaired) electrons. The van der Waals surface area contributed by atoms with E-state index in [9.17, 15) is 25.3 Å². The van der Waals surface area contributed by atoms with Crippen molar-refractivity contribution in [2.75, 3.05) is 13.2 Å². The van der Waals surface area contributed by atoms with Gasteiger partial charge in [0.15, 0.2) is 10.1 Å². The van der Waals surface area contributed by atoms with Gasteiger partial charge >= 0.3 is 0 Å². The van der Waals surface area contributed by atoms with Crippen molar-refractivity contribution in [2.24, 2.45) is 0 Å². The molecule has 0 amide bonds. The lowest BCUT2D eigenvalue weighted by molar-refractivity contribution is 0.288. The summed E-state index contributed by atoms with van der Waals surface area (Å²) in [7, 11) is -11.2. The molecule has 3 N–H and O–H groups in total. The standard InChI is InChI=1S/C23H22N2O5S2.C16H16N2O3S/c1-17-9-12-20(13-10-17)32(28,29)30-15-5-6-18-11-14-22-21(16-18)23(25-24-22)31(26,27)19-7-3-2-4-8-19;19-10-4-5-12-8-9-15-14(11-12)16(18-17-15)22(20,21)13-6-2-1-3-7-13/h2-4,7-14,16H,5-6,15H2,1H3,(H,24,25);1-3,6-9,11,19H,4-5,10H2,(H,17,18). The van der Waals surface area contributed by atoms with Gasteiger partial charge in [0, 0.05) is 17.4 Å². The smallest absolute Gasteiger partial charge is 0.296 e. The predicted octanol–water partition coefficient (Wildman–Crippen LogP) is 6.36. The Hall–Kier alpha value is -5.19. The number of aromatic amines is 2. The Bertz CT molecular complexity index is 2700. The molecule has 2 aromatic heterocycles. The fourth-order valence-corrected chi connectivity index (χ4v) is 9.41. The summed E-state index contributed by atoms with van der Waals surface area (Å²) in [6, 6.07) is 33.8. The summed E-state index contributed by atoms with van der Waals surface area (Å²) in [5.41, 5.74) is 3.96. The number of aliphatic hydroxyl groups is 1. The van der Waals surface area contributed by atoms with Crippen molar-refractivity contribution in [2.45, 2.75) is 57.3 Å². The van der Waals surface area contributed by atoms with Crippen LogP contribution in [0, 0.1) is 6.92 Å². The molecule has 0 atom stereocenters. The third kappa shape index (κ3) is 8.61. The number of hydrogen-bond donors (Lipinski definition) is 3. The maximum atomic E-state index is 13.0. The van der Waals surface area contributed by atoms with Gasteiger partial charge in [0.1, 0.15) is 0 Å². The van der Waals surface area contributed by atoms with Crippen LogP contribution in [0.25, 0.3) is 21.8 Å². The van der Waals surface area contributed by atoms with Crippen molar-refractivity contribution >= 4 is 51.6 Å². The van der Waals surface area contributed by atoms with Crippen LogP contribution >= 0.6 is 0 Å². The van der Waals surface area contributed by atoms with Crippen molar-refractivity contribution in [1.29, 1.82) is 0 Å². The Morgan fingerprint density at radius 1 is 0.574 bits per heavy atom. The van der Waals surface area contributed by atoms with Gasteiger partial charge in [0.2, 0.25) is 19.7 Å². The molecule has 0 aliphatic carbocycles. The SMILES string of the molecule is Cc1ccc(S(=O)(=O)OCCCc2ccc3n[nH]c(S(=O)(=O)c4ccccc4)c3c2)cc1.O=S(=O)(c1ccccc1)c1[nH]nc2ccc(CCCO)cc12. The third-order valence-electron chi connectivity index (χ3n) is 8.59. The molecule has 0 bridgehead atoms. The van der Waals surface area contributed by atoms with Gasteiger partial charge in [-0.15, -0.1) is 0 Å². The zero-order valence-electron chi connectivity index (χ0n) is 29.2. The quantitative estimate of drug-likeness (QED) is 0.0876. The number of sulfone groups is 2. The number of rotatable bonds is 13. The van der Waals surface area contributed by atoms with E-state index in [1.54, 1.807) is 78.9 Å². The summed E-state index contributed by atoms with van der Waals surface area (Å²) >= 11 is 0. The van der Waals surface area contributed by atoms with E-state index < -0.39 is 29.8 Å². The number of benzene rings is 5. The highest BCUT2D eigenvalue weighted by molar-refractivity contribution is 7.92. The lowest BCUT2D eigenvalue weighted by Gasteiger charge is -2.07. The van der Waals surface area contributed by atoms with Crippen LogP contribution in [0.1, 0.15) is 29.5 Å². The number of aromatic nitrogens is 4. The number of H-pyrrole nitrogens is 2. The fourth-order valence-electron chi connectivity index (χ4n) is 5.72. The number of hydrogen-bond acceptors (Lipinski definition) is 10. The largest absolute Gasteiger partial charge is 0.396 e. The van der Waals surface area contributed by atoms with E-state index in [0.29, 0.717) is 47.5 Å². The molecule has 5 aromatic carbocycles. The average molecular weight is 787 g/mol. The van der Waals surface area contributed by atoms with Crippen LogP contribution in [0.5, 0.6) is 0 Å². The lowest BCUT2D eigenvalue weighted by Crippen LogP contribution is -2.08. The van der Waals surface area contributed by atoms with Gasteiger partial charge in [0.05, 0.1) is 32.3 Å². The maximum absolute atomic E-state index is 13.0. The van der Waals surface area contributed by atoms with Crippen LogP contribution in [0.4, 0.5) is 0 Å². The molecule has 0 aliphatic heterocycles. The van der Waals surface area contributed by atoms with E-state index in [0.717, 1.165) is 16.7 Å². The maximum Gasteiger partial charge on any atom is 0.296 e. The van der Waals surface area contributed by atoms with Gasteiger partial charge in [-0.3, -0.25) is 14.4 Å². The molecule has 7 aromatic rings. The highest BCUT2D eigenvalue weighted by atomic mass is 32.2. The molecule has 0 saturated heterocycles. The van der Waals surface area contributed by atoms with Crippen LogP contribution in [0.15, 0.2) is 146 Å². The Labute approximate surface area is 313 Å². The first-order valence-electron chi connectivity index (χ1n) is 17.0. The van der Waals surface area contributed by atoms with Crippen LogP contribution in [-0.4, -0.2) is 64.0 Å². The average Bonchev–Trinajstić information content (AvgIpc) is 3.82. The Kier molecular flexibility index (Phi) is 11.7. The van der Waals surface area contributed by atoms with Crippen molar-refractivity contribution in [3.63, 3.8) is 0 Å². The van der Waals surface area contributed by atoms with Gasteiger partial charge in [-0.05, 0) is 104 Å². The third-order valence-corrected chi connectivity index (χ3v) is 13.4. The van der Waals surface area contributed by atoms with E-state index in [4.69, 9.17) is 9.29 Å². The van der Waals surface area contributed by atoms with Crippen molar-refractivity contribution in [3.8, 4) is 0 Å². The van der Waals surface area contributed by atoms with Gasteiger partial charge in [-0.1, -0.05) is 66.2 Å². The Morgan fingerprint density at radius 2 is 1.04 bits per heavy atom. The minimum absolute atomic E-state index is 0.0226. The zero-order chi connectivity index (χ0) is 38.3. The van der Waals surface area contributed by atoms with Crippen LogP contribution in [0.3, 0.4) is 0 Å². The van der Waals surface area contributed by atoms with Gasteiger partial charge in [-0.2, -0.15) is 18.6 Å². The monoisotopic (exact) mass is 786 g/mol. The molecule has 54 heavy (non-hydrogen) atoms. The molecule has 15 heteroatoms. The second-order valence-corrected chi connectivity index (χ2v) is 17.8. The summed E-state index contributed by atoms with van der Waals surface area (Å²) in [5, 5.41) is 23.6. The number of aryl methyl sites for hydroxylation is 3. The molecule has 0 unspecified atom stereocenters. The molecule has 280 valence electrons. The summed E-state index contributed by atoms with van der Waals surface area (Å²) in [6.07, 6.45) is 2.32. The fraction of sp³-hybridized carbons (Fsp3) is 0.179. The molecule has 0 spiro atoms. The van der Waals surface area contributed by atoms with E-state index in [1.165, 1.54) is 24.3 Å². The normalized spacial score (nSPS) is 12.1. The van der Waals surface area contributed by atoms with Gasteiger partial charge < -0.3 is 5.11 Å². The van der Waals surface area contributed by atoms with E-state index in [-0.39, 0.29) is 38.0 Å². The topological polar surface area (TPSA) is 189 Å². The molecular formula is C39H38N4O8S3. The molecule has 0 saturated carbocycles. The van der Waals surface area contributed by atoms with Crippen LogP contribution < -0.4 is 0 Å². The highest BCUT2D eigenvalue weighted by Crippen LogP contribution is 2.29. The van der Waals surface area contributed by atoms with Gasteiger partial charge in [-0.25, -0.2) is 16.8 Å². The van der Waals surface area contributed by atoms with Crippen LogP contribution in [-0.2, 0) is 46.8 Å². The highest BCUT2D eigenvalue weighted by Gasteiger charge is 2.24. The minimum Gasteiger partial charge on any atom is -0.396 e. The van der Waals surface area contributed by atoms with Crippen molar-refractivity contribution < 1.29 is 34.5 Å². The molecule has 7 rings (SSSR count). The Morgan fingerprint density at radius 3 is 1.50 bits per heavy atom. The zero-order valence-corrected chi connectivity index (χ0v) is 31.7. The molecule has 2 heterocycles. The van der Waals surface area contributed by atoms with E-state index in [2.05, 4.69) is 20.4 Å². The lowest BCUT2D eigenvalue weighted by atomic mass is 10.1. The second kappa shape index (κ2) is 16.4. The summed E-state index contributed by atoms with van der Waals surface area (Å²) < 4.78 is 81.1.